The Morgan fingerprint density at radius 2 is 1.57 bits per heavy atom. The Morgan fingerprint density at radius 1 is 1.14 bits per heavy atom. The van der Waals surface area contributed by atoms with E-state index in [2.05, 4.69) is 27.2 Å². The van der Waals surface area contributed by atoms with Crippen LogP contribution in [0.15, 0.2) is 22.3 Å². The molecule has 7 heteroatoms. The van der Waals surface area contributed by atoms with Crippen LogP contribution in [0, 0.1) is 12.3 Å². The van der Waals surface area contributed by atoms with Crippen LogP contribution in [0.25, 0.3) is 11.5 Å². The average Bonchev–Trinajstić information content (AvgIpc) is 2.58. The molecule has 0 spiro atoms. The standard InChI is InChI=1S/C12H17.2CH3NO.2ClH.Ti/c1-8-9(2)11-6-4-5-7-12(11)10(8)3;2*2-1-3;;;/h6,10H,4-5,7H2,1-3H3;2*1H,(H2,2,3);2*1H;/q-1;;;;;+2/p-4. The molecule has 4 nitrogen and oxygen atoms in total. The van der Waals surface area contributed by atoms with E-state index in [9.17, 15) is 0 Å². The summed E-state index contributed by atoms with van der Waals surface area (Å²) in [6.45, 7) is 6.91. The SMILES string of the molecule is CC1=C(C)C(C)C2=C1[CH-]CCC2.[Cl-].[Cl-].[NH-]C=O.[NH-]C=O.[Ti+2]. The fourth-order valence-electron chi connectivity index (χ4n) is 2.45. The van der Waals surface area contributed by atoms with Crippen molar-refractivity contribution in [3.8, 4) is 0 Å². The Kier molecular flexibility index (Phi) is 21.8. The summed E-state index contributed by atoms with van der Waals surface area (Å²) in [6.07, 6.45) is 6.42. The first-order valence-electron chi connectivity index (χ1n) is 6.00. The predicted octanol–water partition coefficient (Wildman–Crippen LogP) is -1.95. The molecule has 21 heavy (non-hydrogen) atoms. The van der Waals surface area contributed by atoms with Gasteiger partial charge in [-0.15, -0.1) is 5.57 Å². The normalized spacial score (nSPS) is 17.8. The zero-order valence-corrected chi connectivity index (χ0v) is 15.6. The maximum absolute atomic E-state index is 8.47. The van der Waals surface area contributed by atoms with E-state index in [-0.39, 0.29) is 59.4 Å². The number of allylic oxidation sites excluding steroid dienone is 4. The molecule has 0 aliphatic heterocycles. The van der Waals surface area contributed by atoms with Crippen molar-refractivity contribution >= 4 is 12.8 Å². The Bertz CT molecular complexity index is 366. The minimum absolute atomic E-state index is 0. The molecule has 0 fully saturated rings. The van der Waals surface area contributed by atoms with Gasteiger partial charge >= 0.3 is 21.7 Å². The van der Waals surface area contributed by atoms with Crippen molar-refractivity contribution < 1.29 is 56.1 Å². The number of nitrogens with one attached hydrogen (secondary N) is 2. The summed E-state index contributed by atoms with van der Waals surface area (Å²) in [7, 11) is 0. The van der Waals surface area contributed by atoms with Crippen LogP contribution in [0.5, 0.6) is 0 Å². The summed E-state index contributed by atoms with van der Waals surface area (Å²) in [5, 5.41) is 0. The second kappa shape index (κ2) is 16.0. The van der Waals surface area contributed by atoms with Crippen LogP contribution in [0.1, 0.15) is 40.0 Å². The van der Waals surface area contributed by atoms with Gasteiger partial charge in [-0.05, 0) is 0 Å². The third-order valence-electron chi connectivity index (χ3n) is 3.51. The summed E-state index contributed by atoms with van der Waals surface area (Å²) in [4.78, 5) is 16.9. The van der Waals surface area contributed by atoms with Crippen LogP contribution in [0.2, 0.25) is 0 Å². The number of carbonyl (C=O) groups is 2. The Morgan fingerprint density at radius 3 is 1.95 bits per heavy atom. The predicted molar refractivity (Wildman–Crippen MR) is 73.5 cm³/mol. The van der Waals surface area contributed by atoms with Crippen molar-refractivity contribution in [1.82, 2.24) is 0 Å². The van der Waals surface area contributed by atoms with E-state index in [1.807, 2.05) is 0 Å². The Balaban J connectivity index is -0.000000142. The van der Waals surface area contributed by atoms with Crippen LogP contribution >= 0.6 is 0 Å². The third-order valence-corrected chi connectivity index (χ3v) is 3.51. The number of amides is 2. The average molecular weight is 368 g/mol. The van der Waals surface area contributed by atoms with Gasteiger partial charge < -0.3 is 45.9 Å². The molecule has 0 bridgehead atoms. The smallest absolute Gasteiger partial charge is 1.00 e. The van der Waals surface area contributed by atoms with Gasteiger partial charge in [0.1, 0.15) is 0 Å². The summed E-state index contributed by atoms with van der Waals surface area (Å²) < 4.78 is 0. The largest absolute Gasteiger partial charge is 2.00 e. The van der Waals surface area contributed by atoms with Crippen LogP contribution in [0.3, 0.4) is 0 Å². The van der Waals surface area contributed by atoms with E-state index in [4.69, 9.17) is 21.1 Å². The third kappa shape index (κ3) is 8.57. The number of hydrogen-bond donors (Lipinski definition) is 0. The molecule has 0 aromatic heterocycles. The fourth-order valence-corrected chi connectivity index (χ4v) is 2.45. The summed E-state index contributed by atoms with van der Waals surface area (Å²) in [5.74, 6) is 0.733. The first kappa shape index (κ1) is 28.7. The molecule has 1 unspecified atom stereocenters. The van der Waals surface area contributed by atoms with Crippen molar-refractivity contribution in [3.05, 3.63) is 40.2 Å². The van der Waals surface area contributed by atoms with Crippen LogP contribution in [-0.2, 0) is 31.3 Å². The van der Waals surface area contributed by atoms with E-state index in [1.165, 1.54) is 19.3 Å². The number of carbonyl (C=O) groups excluding carboxylic acids is 2. The topological polar surface area (TPSA) is 81.7 Å². The van der Waals surface area contributed by atoms with E-state index in [0.717, 1.165) is 5.92 Å². The van der Waals surface area contributed by atoms with Gasteiger partial charge in [0.2, 0.25) is 0 Å². The van der Waals surface area contributed by atoms with Gasteiger partial charge in [0, 0.05) is 12.8 Å². The number of hydrogen-bond acceptors (Lipinski definition) is 2. The molecular formula is C14H21Cl2N2O2Ti-3. The first-order chi connectivity index (χ1) is 8.54. The van der Waals surface area contributed by atoms with Gasteiger partial charge in [-0.1, -0.05) is 46.0 Å². The van der Waals surface area contributed by atoms with Gasteiger partial charge in [0.25, 0.3) is 0 Å². The summed E-state index contributed by atoms with van der Waals surface area (Å²) in [5.41, 5.74) is 17.5. The van der Waals surface area contributed by atoms with Crippen molar-refractivity contribution in [2.24, 2.45) is 5.92 Å². The zero-order valence-electron chi connectivity index (χ0n) is 12.5. The molecule has 2 rings (SSSR count). The van der Waals surface area contributed by atoms with Gasteiger partial charge in [0.05, 0.1) is 0 Å². The molecule has 0 heterocycles. The fraction of sp³-hybridized carbons (Fsp3) is 0.500. The maximum Gasteiger partial charge on any atom is 2.00 e. The van der Waals surface area contributed by atoms with Crippen molar-refractivity contribution in [1.29, 1.82) is 0 Å². The van der Waals surface area contributed by atoms with Crippen LogP contribution < -0.4 is 24.8 Å². The Hall–Kier alpha value is -0.416. The molecule has 2 aliphatic carbocycles. The molecule has 0 radical (unpaired) electrons. The molecule has 0 aromatic carbocycles. The van der Waals surface area contributed by atoms with Gasteiger partial charge in [-0.3, -0.25) is 0 Å². The number of rotatable bonds is 0. The molecular weight excluding hydrogens is 347 g/mol. The molecule has 2 amide bonds. The van der Waals surface area contributed by atoms with Gasteiger partial charge in [0.15, 0.2) is 0 Å². The van der Waals surface area contributed by atoms with Gasteiger partial charge in [-0.2, -0.15) is 23.1 Å². The molecule has 120 valence electrons. The van der Waals surface area contributed by atoms with E-state index >= 15 is 0 Å². The zero-order chi connectivity index (χ0) is 14.1. The van der Waals surface area contributed by atoms with Crippen molar-refractivity contribution in [2.75, 3.05) is 0 Å². The maximum atomic E-state index is 8.47. The molecule has 0 saturated heterocycles. The summed E-state index contributed by atoms with van der Waals surface area (Å²) in [6, 6.07) is 0. The second-order valence-corrected chi connectivity index (χ2v) is 4.30. The van der Waals surface area contributed by atoms with E-state index in [1.54, 1.807) is 22.3 Å². The quantitative estimate of drug-likeness (QED) is 0.283. The minimum atomic E-state index is 0. The number of halogens is 2. The molecule has 0 aromatic rings. The van der Waals surface area contributed by atoms with E-state index in [0.29, 0.717) is 0 Å². The summed E-state index contributed by atoms with van der Waals surface area (Å²) >= 11 is 0. The van der Waals surface area contributed by atoms with Gasteiger partial charge in [-0.25, -0.2) is 0 Å². The van der Waals surface area contributed by atoms with Crippen molar-refractivity contribution in [3.63, 3.8) is 0 Å². The van der Waals surface area contributed by atoms with Crippen molar-refractivity contribution in [2.45, 2.75) is 40.0 Å². The second-order valence-electron chi connectivity index (χ2n) is 4.30. The monoisotopic (exact) mass is 367 g/mol. The van der Waals surface area contributed by atoms with Crippen LogP contribution in [0.4, 0.5) is 0 Å². The molecule has 0 saturated carbocycles. The first-order valence-corrected chi connectivity index (χ1v) is 6.00. The minimum Gasteiger partial charge on any atom is -1.00 e. The molecule has 1 atom stereocenters. The molecule has 2 N–H and O–H groups in total. The Labute approximate surface area is 154 Å². The molecule has 2 aliphatic rings. The van der Waals surface area contributed by atoms with E-state index < -0.39 is 0 Å². The van der Waals surface area contributed by atoms with Crippen LogP contribution in [-0.4, -0.2) is 12.8 Å².